The fourth-order valence-electron chi connectivity index (χ4n) is 6.63. The van der Waals surface area contributed by atoms with Crippen molar-refractivity contribution in [1.82, 2.24) is 4.90 Å². The number of benzene rings is 1. The number of nitrogens with zero attached hydrogens (tertiary/aromatic N) is 1. The molecule has 0 aromatic heterocycles. The number of morpholine rings is 1. The van der Waals surface area contributed by atoms with Gasteiger partial charge in [0.15, 0.2) is 0 Å². The van der Waals surface area contributed by atoms with Crippen LogP contribution >= 0.6 is 0 Å². The van der Waals surface area contributed by atoms with Gasteiger partial charge in [0.25, 0.3) is 0 Å². The van der Waals surface area contributed by atoms with Gasteiger partial charge in [-0.05, 0) is 51.0 Å². The summed E-state index contributed by atoms with van der Waals surface area (Å²) < 4.78 is 13.9. The molecular weight excluding hydrogens is 346 g/mol. The predicted molar refractivity (Wildman–Crippen MR) is 112 cm³/mol. The second-order valence-electron chi connectivity index (χ2n) is 10.6. The van der Waals surface area contributed by atoms with Gasteiger partial charge in [0.1, 0.15) is 12.3 Å². The van der Waals surface area contributed by atoms with Gasteiger partial charge in [0.2, 0.25) is 0 Å². The van der Waals surface area contributed by atoms with Crippen LogP contribution in [0.4, 0.5) is 0 Å². The fraction of sp³-hybridized carbons (Fsp3) is 0.760. The van der Waals surface area contributed by atoms with E-state index in [1.807, 2.05) is 0 Å². The molecule has 2 aliphatic carbocycles. The van der Waals surface area contributed by atoms with Gasteiger partial charge < -0.3 is 9.47 Å². The molecule has 28 heavy (non-hydrogen) atoms. The normalized spacial score (nSPS) is 39.9. The third-order valence-electron chi connectivity index (χ3n) is 8.31. The largest absolute Gasteiger partial charge is 0.362 e. The molecule has 1 aromatic rings. The van der Waals surface area contributed by atoms with Crippen molar-refractivity contribution >= 4 is 0 Å². The SMILES string of the molecule is C[C@@H]1CC[C@@H]2[C@@H](C1)O[C@H]1[C@H](c3ccccc3)OC3(CCCCC3)CN1C2(C)C. The Morgan fingerprint density at radius 2 is 1.75 bits per heavy atom. The zero-order valence-electron chi connectivity index (χ0n) is 17.9. The molecular formula is C25H37NO2. The van der Waals surface area contributed by atoms with Crippen molar-refractivity contribution in [1.29, 1.82) is 0 Å². The van der Waals surface area contributed by atoms with Gasteiger partial charge in [-0.2, -0.15) is 0 Å². The molecule has 2 heterocycles. The number of hydrogen-bond acceptors (Lipinski definition) is 3. The highest BCUT2D eigenvalue weighted by molar-refractivity contribution is 5.21. The number of hydrogen-bond donors (Lipinski definition) is 0. The highest BCUT2D eigenvalue weighted by Crippen LogP contribution is 2.52. The molecule has 1 aromatic carbocycles. The summed E-state index contributed by atoms with van der Waals surface area (Å²) in [5, 5.41) is 0. The highest BCUT2D eigenvalue weighted by Gasteiger charge is 2.58. The van der Waals surface area contributed by atoms with Crippen LogP contribution in [0.15, 0.2) is 30.3 Å². The zero-order chi connectivity index (χ0) is 19.4. The van der Waals surface area contributed by atoms with Gasteiger partial charge in [-0.1, -0.05) is 62.9 Å². The summed E-state index contributed by atoms with van der Waals surface area (Å²) >= 11 is 0. The van der Waals surface area contributed by atoms with E-state index in [0.29, 0.717) is 12.0 Å². The molecule has 2 saturated carbocycles. The van der Waals surface area contributed by atoms with E-state index in [4.69, 9.17) is 9.47 Å². The van der Waals surface area contributed by atoms with E-state index in [2.05, 4.69) is 56.0 Å². The summed E-state index contributed by atoms with van der Waals surface area (Å²) in [6.07, 6.45) is 10.6. The Kier molecular flexibility index (Phi) is 4.84. The van der Waals surface area contributed by atoms with Gasteiger partial charge in [-0.3, -0.25) is 4.90 Å². The van der Waals surface area contributed by atoms with Crippen molar-refractivity contribution in [3.05, 3.63) is 35.9 Å². The van der Waals surface area contributed by atoms with E-state index >= 15 is 0 Å². The first-order valence-corrected chi connectivity index (χ1v) is 11.6. The Hall–Kier alpha value is -0.900. The van der Waals surface area contributed by atoms with Crippen molar-refractivity contribution in [3.63, 3.8) is 0 Å². The van der Waals surface area contributed by atoms with Crippen LogP contribution in [-0.2, 0) is 9.47 Å². The lowest BCUT2D eigenvalue weighted by Crippen LogP contribution is -2.71. The van der Waals surface area contributed by atoms with Crippen LogP contribution in [0.3, 0.4) is 0 Å². The maximum Gasteiger partial charge on any atom is 0.142 e. The molecule has 3 nitrogen and oxygen atoms in total. The molecule has 1 spiro atoms. The average molecular weight is 384 g/mol. The van der Waals surface area contributed by atoms with E-state index in [-0.39, 0.29) is 23.5 Å². The van der Waals surface area contributed by atoms with Crippen molar-refractivity contribution in [2.75, 3.05) is 6.54 Å². The van der Waals surface area contributed by atoms with Crippen LogP contribution in [0.2, 0.25) is 0 Å². The summed E-state index contributed by atoms with van der Waals surface area (Å²) in [5.41, 5.74) is 1.44. The molecule has 4 fully saturated rings. The number of ether oxygens (including phenoxy) is 2. The molecule has 4 aliphatic rings. The zero-order valence-corrected chi connectivity index (χ0v) is 17.9. The minimum Gasteiger partial charge on any atom is -0.362 e. The molecule has 0 N–H and O–H groups in total. The minimum atomic E-state index is 0.00465. The van der Waals surface area contributed by atoms with Crippen LogP contribution in [0.5, 0.6) is 0 Å². The second kappa shape index (κ2) is 7.11. The number of rotatable bonds is 1. The molecule has 0 amide bonds. The van der Waals surface area contributed by atoms with Crippen molar-refractivity contribution < 1.29 is 9.47 Å². The van der Waals surface area contributed by atoms with E-state index in [0.717, 1.165) is 12.5 Å². The van der Waals surface area contributed by atoms with Crippen molar-refractivity contribution in [2.45, 2.75) is 102 Å². The monoisotopic (exact) mass is 383 g/mol. The molecule has 2 aliphatic heterocycles. The Morgan fingerprint density at radius 1 is 1.00 bits per heavy atom. The van der Waals surface area contributed by atoms with Crippen LogP contribution in [0.1, 0.15) is 83.8 Å². The Labute approximate surface area is 170 Å². The lowest BCUT2D eigenvalue weighted by atomic mass is 9.68. The minimum absolute atomic E-state index is 0.00465. The van der Waals surface area contributed by atoms with E-state index in [1.165, 1.54) is 56.9 Å². The topological polar surface area (TPSA) is 21.7 Å². The molecule has 3 heteroatoms. The second-order valence-corrected chi connectivity index (χ2v) is 10.6. The summed E-state index contributed by atoms with van der Waals surface area (Å²) in [5.74, 6) is 1.41. The molecule has 154 valence electrons. The Bertz CT molecular complexity index is 681. The van der Waals surface area contributed by atoms with Crippen LogP contribution in [0.25, 0.3) is 0 Å². The highest BCUT2D eigenvalue weighted by atomic mass is 16.6. The van der Waals surface area contributed by atoms with Crippen molar-refractivity contribution in [2.24, 2.45) is 11.8 Å². The van der Waals surface area contributed by atoms with Crippen LogP contribution in [-0.4, -0.2) is 34.9 Å². The first kappa shape index (κ1) is 19.1. The third-order valence-corrected chi connectivity index (χ3v) is 8.31. The summed E-state index contributed by atoms with van der Waals surface area (Å²) in [6, 6.07) is 10.9. The molecule has 2 saturated heterocycles. The standard InChI is InChI=1S/C25H37NO2/c1-18-12-13-20-21(16-18)27-23-22(19-10-6-4-7-11-19)28-25(14-8-5-9-15-25)17-26(23)24(20,2)3/h4,6-7,10-11,18,20-23H,5,8-9,12-17H2,1-3H3/t18-,20-,21-,22+,23+/m1/s1. The fourth-order valence-corrected chi connectivity index (χ4v) is 6.63. The van der Waals surface area contributed by atoms with E-state index < -0.39 is 0 Å². The van der Waals surface area contributed by atoms with Crippen molar-refractivity contribution in [3.8, 4) is 0 Å². The molecule has 0 bridgehead atoms. The lowest BCUT2D eigenvalue weighted by Gasteiger charge is -2.63. The summed E-state index contributed by atoms with van der Waals surface area (Å²) in [7, 11) is 0. The Balaban J connectivity index is 1.53. The van der Waals surface area contributed by atoms with Gasteiger partial charge in [-0.15, -0.1) is 0 Å². The van der Waals surface area contributed by atoms with Crippen LogP contribution < -0.4 is 0 Å². The summed E-state index contributed by atoms with van der Waals surface area (Å²) in [6.45, 7) is 8.40. The third kappa shape index (κ3) is 3.14. The Morgan fingerprint density at radius 3 is 2.50 bits per heavy atom. The van der Waals surface area contributed by atoms with E-state index in [9.17, 15) is 0 Å². The van der Waals surface area contributed by atoms with Gasteiger partial charge in [0, 0.05) is 18.0 Å². The molecule has 0 unspecified atom stereocenters. The molecule has 0 radical (unpaired) electrons. The smallest absolute Gasteiger partial charge is 0.142 e. The molecule has 5 rings (SSSR count). The maximum atomic E-state index is 7.00. The van der Waals surface area contributed by atoms with Gasteiger partial charge >= 0.3 is 0 Å². The quantitative estimate of drug-likeness (QED) is 0.621. The summed E-state index contributed by atoms with van der Waals surface area (Å²) in [4.78, 5) is 2.72. The predicted octanol–water partition coefficient (Wildman–Crippen LogP) is 5.70. The average Bonchev–Trinajstić information content (AvgIpc) is 2.70. The number of fused-ring (bicyclic) bond motifs is 2. The maximum absolute atomic E-state index is 7.00. The van der Waals surface area contributed by atoms with E-state index in [1.54, 1.807) is 0 Å². The van der Waals surface area contributed by atoms with Gasteiger partial charge in [0.05, 0.1) is 11.7 Å². The van der Waals surface area contributed by atoms with Gasteiger partial charge in [-0.25, -0.2) is 0 Å². The van der Waals surface area contributed by atoms with Crippen LogP contribution in [0, 0.1) is 11.8 Å². The first-order chi connectivity index (χ1) is 13.5. The first-order valence-electron chi connectivity index (χ1n) is 11.6. The molecule has 5 atom stereocenters. The lowest BCUT2D eigenvalue weighted by molar-refractivity contribution is -0.329.